The minimum atomic E-state index is -2.11. The van der Waals surface area contributed by atoms with Gasteiger partial charge in [-0.1, -0.05) is 93.9 Å². The summed E-state index contributed by atoms with van der Waals surface area (Å²) in [6.45, 7) is 35.3. The number of nitrogens with zero attached hydrogens (tertiary/aromatic N) is 2. The molecule has 20 nitrogen and oxygen atoms in total. The number of esters is 3. The predicted octanol–water partition coefficient (Wildman–Crippen LogP) is 15.8. The van der Waals surface area contributed by atoms with Crippen LogP contribution in [0.2, 0.25) is 36.3 Å². The summed E-state index contributed by atoms with van der Waals surface area (Å²) in [6, 6.07) is 31.3. The second-order valence-corrected chi connectivity index (χ2v) is 39.3. The lowest BCUT2D eigenvalue weighted by atomic mass is 9.82. The number of piperidine rings is 2. The smallest absolute Gasteiger partial charge is 0.410 e. The van der Waals surface area contributed by atoms with E-state index in [1.54, 1.807) is 58.3 Å². The molecule has 0 bridgehead atoms. The molecule has 0 aliphatic carbocycles. The molecule has 95 heavy (non-hydrogen) atoms. The lowest BCUT2D eigenvalue weighted by molar-refractivity contribution is -0.167. The Labute approximate surface area is 573 Å². The van der Waals surface area contributed by atoms with E-state index in [9.17, 15) is 43.5 Å². The number of methoxy groups -OCH3 is 2. The molecule has 524 valence electrons. The van der Waals surface area contributed by atoms with E-state index in [2.05, 4.69) is 88.4 Å². The molecule has 0 saturated carbocycles. The molecule has 1 N–H and O–H groups in total. The first-order chi connectivity index (χ1) is 44.2. The Morgan fingerprint density at radius 2 is 0.821 bits per heavy atom. The minimum Gasteiger partial charge on any atom is -0.481 e. The molecule has 2 heterocycles. The molecular weight excluding hydrogens is 1320 g/mol. The highest BCUT2D eigenvalue weighted by molar-refractivity contribution is 9.10. The van der Waals surface area contributed by atoms with Gasteiger partial charge in [0.05, 0.1) is 26.1 Å². The monoisotopic (exact) mass is 1420 g/mol. The number of para-hydroxylation sites is 2. The van der Waals surface area contributed by atoms with Gasteiger partial charge in [-0.05, 0) is 201 Å². The summed E-state index contributed by atoms with van der Waals surface area (Å²) in [5, 5.41) is 9.79. The largest absolute Gasteiger partial charge is 0.481 e. The van der Waals surface area contributed by atoms with Crippen LogP contribution >= 0.6 is 15.9 Å². The van der Waals surface area contributed by atoms with Gasteiger partial charge in [0.15, 0.2) is 27.2 Å². The quantitative estimate of drug-likeness (QED) is 0.0181. The van der Waals surface area contributed by atoms with Crippen LogP contribution in [0.5, 0.6) is 23.0 Å². The maximum Gasteiger partial charge on any atom is 0.410 e. The van der Waals surface area contributed by atoms with Gasteiger partial charge in [0.1, 0.15) is 34.2 Å². The predicted molar refractivity (Wildman–Crippen MR) is 372 cm³/mol. The Morgan fingerprint density at radius 3 is 1.16 bits per heavy atom. The van der Waals surface area contributed by atoms with Crippen molar-refractivity contribution in [2.75, 3.05) is 53.6 Å². The van der Waals surface area contributed by atoms with Gasteiger partial charge in [-0.15, -0.1) is 0 Å². The number of hydrogen-bond donors (Lipinski definition) is 1. The molecule has 4 aromatic carbocycles. The third-order valence-electron chi connectivity index (χ3n) is 17.3. The number of carboxylic acids is 1. The Balaban J connectivity index is 0.000000336. The SMILES string of the molecule is CC(C)(C)OC(=O)N1CCC(C(CCO[Si](C)(C)C(C)(C)C)C(=O)O)CC1.COC(=O)C(Br)C(=O)c1ccc(Oc2ccccc2)cc1.COC(=O)C(OC(=O)C(CCO[Si](C)(C)C(C)(C)C)C1CCN(C(=O)OC(C)(C)C)CC1)C(=O)c1ccc(Oc2ccccc2)cc1. The fraction of sp³-hybridized carbons (Fsp3) is 0.556. The molecule has 4 unspecified atom stereocenters. The molecule has 2 fully saturated rings. The van der Waals surface area contributed by atoms with Crippen molar-refractivity contribution in [3.05, 3.63) is 120 Å². The second kappa shape index (κ2) is 35.9. The number of alkyl halides is 1. The van der Waals surface area contributed by atoms with Crippen LogP contribution in [0.15, 0.2) is 109 Å². The van der Waals surface area contributed by atoms with Crippen molar-refractivity contribution in [3.63, 3.8) is 0 Å². The molecule has 4 atom stereocenters. The highest BCUT2D eigenvalue weighted by Gasteiger charge is 2.43. The van der Waals surface area contributed by atoms with Crippen LogP contribution in [0.25, 0.3) is 0 Å². The van der Waals surface area contributed by atoms with E-state index in [0.717, 1.165) is 7.11 Å². The molecule has 0 spiro atoms. The average Bonchev–Trinajstić information content (AvgIpc) is 0.853. The van der Waals surface area contributed by atoms with Gasteiger partial charge in [0, 0.05) is 50.5 Å². The molecular formula is C72H103BrN2O18Si2. The summed E-state index contributed by atoms with van der Waals surface area (Å²) in [6.07, 6.45) is 0.820. The zero-order chi connectivity index (χ0) is 71.3. The normalized spacial score (nSPS) is 15.5. The summed E-state index contributed by atoms with van der Waals surface area (Å²) < 4.78 is 50.1. The zero-order valence-corrected chi connectivity index (χ0v) is 62.6. The van der Waals surface area contributed by atoms with E-state index in [4.69, 9.17) is 37.3 Å². The summed E-state index contributed by atoms with van der Waals surface area (Å²) in [4.78, 5) is 103. The molecule has 2 saturated heterocycles. The fourth-order valence-electron chi connectivity index (χ4n) is 9.69. The molecule has 2 aliphatic rings. The number of amides is 2. The standard InChI is InChI=1S/C36H51NO9Si.C20H39NO5Si.C16H13BrO4/c1-35(2,3)46-34(41)37-22-19-25(20-23-37)29(21-24-43-47(8,9)36(4,5)6)32(39)45-31(33(40)42-7)30(38)26-15-17-28(18-16-26)44-27-13-11-10-12-14-27;1-19(2,3)26-18(24)21-12-9-15(10-13-21)16(17(22)23)11-14-25-27(7,8)20(4,5)6;1-20-16(19)14(17)15(18)11-7-9-13(10-8-11)21-12-5-3-2-4-6-12/h10-18,25,29,31H,19-24H2,1-9H3;15-16H,9-14H2,1-8H3,(H,22,23);2-10,14H,1H3. The second-order valence-electron chi connectivity index (χ2n) is 28.8. The number of ketones is 2. The van der Waals surface area contributed by atoms with Crippen LogP contribution in [-0.2, 0) is 51.7 Å². The van der Waals surface area contributed by atoms with Crippen molar-refractivity contribution < 1.29 is 85.5 Å². The van der Waals surface area contributed by atoms with Crippen LogP contribution in [0.1, 0.15) is 142 Å². The molecule has 4 aromatic rings. The van der Waals surface area contributed by atoms with Crippen molar-refractivity contribution in [1.82, 2.24) is 9.80 Å². The van der Waals surface area contributed by atoms with Crippen molar-refractivity contribution >= 4 is 80.2 Å². The lowest BCUT2D eigenvalue weighted by Gasteiger charge is -2.38. The van der Waals surface area contributed by atoms with Crippen LogP contribution < -0.4 is 9.47 Å². The van der Waals surface area contributed by atoms with Crippen LogP contribution in [0.3, 0.4) is 0 Å². The molecule has 0 radical (unpaired) electrons. The van der Waals surface area contributed by atoms with Gasteiger partial charge in [0.2, 0.25) is 5.78 Å². The number of benzene rings is 4. The lowest BCUT2D eigenvalue weighted by Crippen LogP contribution is -2.45. The van der Waals surface area contributed by atoms with E-state index in [1.165, 1.54) is 19.2 Å². The number of carbonyl (C=O) groups is 8. The summed E-state index contributed by atoms with van der Waals surface area (Å²) in [5.74, 6) is -2.79. The Bertz CT molecular complexity index is 3120. The van der Waals surface area contributed by atoms with E-state index in [1.807, 2.05) is 90.1 Å². The van der Waals surface area contributed by atoms with E-state index in [0.29, 0.717) is 106 Å². The molecule has 6 rings (SSSR count). The molecule has 2 aliphatic heterocycles. The van der Waals surface area contributed by atoms with E-state index < -0.39 is 86.4 Å². The third-order valence-corrected chi connectivity index (χ3v) is 27.2. The Morgan fingerprint density at radius 1 is 0.484 bits per heavy atom. The van der Waals surface area contributed by atoms with Gasteiger partial charge in [-0.3, -0.25) is 24.0 Å². The van der Waals surface area contributed by atoms with Gasteiger partial charge in [-0.25, -0.2) is 14.4 Å². The van der Waals surface area contributed by atoms with Crippen molar-refractivity contribution in [2.24, 2.45) is 23.7 Å². The first-order valence-electron chi connectivity index (χ1n) is 32.4. The Kier molecular flexibility index (Phi) is 30.4. The maximum absolute atomic E-state index is 13.9. The Hall–Kier alpha value is -6.93. The summed E-state index contributed by atoms with van der Waals surface area (Å²) in [5.41, 5.74) is -0.565. The number of rotatable bonds is 23. The summed E-state index contributed by atoms with van der Waals surface area (Å²) in [7, 11) is -1.60. The number of hydrogen-bond acceptors (Lipinski definition) is 17. The first-order valence-corrected chi connectivity index (χ1v) is 39.1. The van der Waals surface area contributed by atoms with E-state index in [-0.39, 0.29) is 39.4 Å². The maximum atomic E-state index is 13.9. The number of carbonyl (C=O) groups excluding carboxylic acids is 7. The number of aliphatic carboxylic acids is 1. The average molecular weight is 1420 g/mol. The number of halogens is 1. The fourth-order valence-corrected chi connectivity index (χ4v) is 12.3. The molecule has 23 heteroatoms. The molecule has 2 amide bonds. The van der Waals surface area contributed by atoms with Crippen molar-refractivity contribution in [1.29, 1.82) is 0 Å². The summed E-state index contributed by atoms with van der Waals surface area (Å²) >= 11 is 3.02. The minimum absolute atomic E-state index is 0.0220. The number of ether oxygens (including phenoxy) is 7. The van der Waals surface area contributed by atoms with Gasteiger partial charge >= 0.3 is 36.1 Å². The number of likely N-dealkylation sites (tertiary alicyclic amines) is 2. The highest BCUT2D eigenvalue weighted by Crippen LogP contribution is 2.39. The zero-order valence-electron chi connectivity index (χ0n) is 59.0. The van der Waals surface area contributed by atoms with Crippen LogP contribution in [0.4, 0.5) is 9.59 Å². The topological polar surface area (TPSA) is 246 Å². The molecule has 0 aromatic heterocycles. The first kappa shape index (κ1) is 80.5. The third kappa shape index (κ3) is 26.2. The van der Waals surface area contributed by atoms with Gasteiger partial charge in [-0.2, -0.15) is 0 Å². The van der Waals surface area contributed by atoms with Gasteiger partial charge < -0.3 is 56.9 Å². The van der Waals surface area contributed by atoms with Crippen molar-refractivity contribution in [2.45, 2.75) is 180 Å². The van der Waals surface area contributed by atoms with Crippen LogP contribution in [0, 0.1) is 23.7 Å². The number of Topliss-reactive ketones (excluding diaryl/α,β-unsaturated/α-hetero) is 2. The highest BCUT2D eigenvalue weighted by atomic mass is 79.9. The van der Waals surface area contributed by atoms with Crippen LogP contribution in [-0.4, -0.2) is 155 Å². The van der Waals surface area contributed by atoms with Gasteiger partial charge in [0.25, 0.3) is 6.10 Å². The van der Waals surface area contributed by atoms with Crippen molar-refractivity contribution in [3.8, 4) is 23.0 Å². The van der Waals surface area contributed by atoms with E-state index >= 15 is 0 Å². The number of carboxylic acid groups (broad SMARTS) is 1.